The summed E-state index contributed by atoms with van der Waals surface area (Å²) in [5.41, 5.74) is 1.45. The number of rotatable bonds is 6. The summed E-state index contributed by atoms with van der Waals surface area (Å²) in [6.45, 7) is 6.92. The molecular formula is C14H23N. The third-order valence-corrected chi connectivity index (χ3v) is 2.85. The fourth-order valence-corrected chi connectivity index (χ4v) is 1.87. The molecule has 1 heteroatoms. The molecule has 1 nitrogen and oxygen atoms in total. The van der Waals surface area contributed by atoms with Crippen LogP contribution in [0.15, 0.2) is 30.3 Å². The lowest BCUT2D eigenvalue weighted by Crippen LogP contribution is -2.24. The van der Waals surface area contributed by atoms with Crippen LogP contribution < -0.4 is 0 Å². The Labute approximate surface area is 94.1 Å². The van der Waals surface area contributed by atoms with Crippen LogP contribution in [0.1, 0.15) is 38.2 Å². The van der Waals surface area contributed by atoms with Crippen LogP contribution >= 0.6 is 0 Å². The highest BCUT2D eigenvalue weighted by molar-refractivity contribution is 5.18. The largest absolute Gasteiger partial charge is 0.306 e. The average molecular weight is 205 g/mol. The molecule has 0 saturated carbocycles. The predicted molar refractivity (Wildman–Crippen MR) is 67.3 cm³/mol. The minimum absolute atomic E-state index is 0.632. The summed E-state index contributed by atoms with van der Waals surface area (Å²) in [6, 6.07) is 10.8. The van der Waals surface area contributed by atoms with Gasteiger partial charge in [-0.25, -0.2) is 0 Å². The molecule has 0 aromatic heterocycles. The van der Waals surface area contributed by atoms with E-state index in [2.05, 4.69) is 56.1 Å². The fourth-order valence-electron chi connectivity index (χ4n) is 1.87. The number of likely N-dealkylation sites (N-methyl/N-ethyl adjacent to an activating group) is 1. The lowest BCUT2D eigenvalue weighted by Gasteiger charge is -2.21. The molecule has 1 rings (SSSR count). The molecule has 0 amide bonds. The molecule has 0 saturated heterocycles. The normalized spacial score (nSPS) is 13.1. The van der Waals surface area contributed by atoms with E-state index in [0.29, 0.717) is 5.92 Å². The summed E-state index contributed by atoms with van der Waals surface area (Å²) >= 11 is 0. The summed E-state index contributed by atoms with van der Waals surface area (Å²) in [6.07, 6.45) is 2.59. The van der Waals surface area contributed by atoms with E-state index in [1.54, 1.807) is 0 Å². The lowest BCUT2D eigenvalue weighted by molar-refractivity contribution is 0.311. The van der Waals surface area contributed by atoms with Gasteiger partial charge in [0.2, 0.25) is 0 Å². The van der Waals surface area contributed by atoms with Gasteiger partial charge < -0.3 is 4.90 Å². The van der Waals surface area contributed by atoms with Crippen molar-refractivity contribution in [3.8, 4) is 0 Å². The zero-order valence-electron chi connectivity index (χ0n) is 10.2. The molecule has 0 N–H and O–H groups in total. The van der Waals surface area contributed by atoms with Gasteiger partial charge in [-0.05, 0) is 31.5 Å². The van der Waals surface area contributed by atoms with Gasteiger partial charge in [-0.15, -0.1) is 0 Å². The quantitative estimate of drug-likeness (QED) is 0.687. The number of hydrogen-bond acceptors (Lipinski definition) is 1. The van der Waals surface area contributed by atoms with Crippen LogP contribution in [-0.4, -0.2) is 25.0 Å². The van der Waals surface area contributed by atoms with Gasteiger partial charge in [0.15, 0.2) is 0 Å². The first-order valence-electron chi connectivity index (χ1n) is 5.97. The van der Waals surface area contributed by atoms with Gasteiger partial charge in [-0.1, -0.05) is 50.6 Å². The monoisotopic (exact) mass is 205 g/mol. The molecule has 1 atom stereocenters. The van der Waals surface area contributed by atoms with Crippen molar-refractivity contribution in [2.45, 2.75) is 32.6 Å². The number of hydrogen-bond donors (Lipinski definition) is 0. The zero-order chi connectivity index (χ0) is 11.1. The molecule has 0 fully saturated rings. The van der Waals surface area contributed by atoms with Crippen molar-refractivity contribution in [3.05, 3.63) is 35.9 Å². The van der Waals surface area contributed by atoms with Crippen molar-refractivity contribution < 1.29 is 0 Å². The van der Waals surface area contributed by atoms with Gasteiger partial charge in [-0.2, -0.15) is 0 Å². The van der Waals surface area contributed by atoms with E-state index in [-0.39, 0.29) is 0 Å². The van der Waals surface area contributed by atoms with E-state index >= 15 is 0 Å². The first kappa shape index (κ1) is 12.3. The Kier molecular flexibility index (Phi) is 5.41. The first-order chi connectivity index (χ1) is 7.24. The molecule has 15 heavy (non-hydrogen) atoms. The Hall–Kier alpha value is -0.820. The van der Waals surface area contributed by atoms with Crippen molar-refractivity contribution in [1.82, 2.24) is 4.90 Å². The van der Waals surface area contributed by atoms with Gasteiger partial charge >= 0.3 is 0 Å². The smallest absolute Gasteiger partial charge is 0.00446 e. The number of unbranched alkanes of at least 4 members (excludes halogenated alkanes) is 1. The Morgan fingerprint density at radius 1 is 1.20 bits per heavy atom. The molecule has 84 valence electrons. The zero-order valence-corrected chi connectivity index (χ0v) is 10.2. The lowest BCUT2D eigenvalue weighted by atomic mass is 10.0. The Balaban J connectivity index is 2.38. The Morgan fingerprint density at radius 3 is 2.47 bits per heavy atom. The van der Waals surface area contributed by atoms with E-state index in [1.807, 2.05) is 0 Å². The van der Waals surface area contributed by atoms with Crippen LogP contribution in [0, 0.1) is 0 Å². The number of benzene rings is 1. The summed E-state index contributed by atoms with van der Waals surface area (Å²) in [4.78, 5) is 2.43. The molecule has 0 aliphatic rings. The molecule has 0 spiro atoms. The molecule has 1 aromatic carbocycles. The second-order valence-electron chi connectivity index (χ2n) is 4.43. The van der Waals surface area contributed by atoms with Gasteiger partial charge in [0.25, 0.3) is 0 Å². The summed E-state index contributed by atoms with van der Waals surface area (Å²) in [7, 11) is 2.22. The molecule has 0 aliphatic heterocycles. The predicted octanol–water partition coefficient (Wildman–Crippen LogP) is 3.52. The highest BCUT2D eigenvalue weighted by Gasteiger charge is 2.07. The summed E-state index contributed by atoms with van der Waals surface area (Å²) in [5.74, 6) is 0.632. The van der Waals surface area contributed by atoms with Crippen LogP contribution in [0.25, 0.3) is 0 Å². The van der Waals surface area contributed by atoms with Crippen molar-refractivity contribution in [2.75, 3.05) is 20.1 Å². The summed E-state index contributed by atoms with van der Waals surface area (Å²) < 4.78 is 0. The Bertz CT molecular complexity index is 255. The molecule has 0 heterocycles. The minimum atomic E-state index is 0.632. The van der Waals surface area contributed by atoms with E-state index in [0.717, 1.165) is 6.54 Å². The maximum atomic E-state index is 2.43. The van der Waals surface area contributed by atoms with E-state index in [1.165, 1.54) is 24.9 Å². The highest BCUT2D eigenvalue weighted by atomic mass is 15.1. The average Bonchev–Trinajstić information content (AvgIpc) is 2.27. The molecule has 0 bridgehead atoms. The molecule has 0 aliphatic carbocycles. The SMILES string of the molecule is CCCCN(C)C[C@@H](C)c1ccccc1. The Morgan fingerprint density at radius 2 is 1.87 bits per heavy atom. The van der Waals surface area contributed by atoms with E-state index in [9.17, 15) is 0 Å². The third-order valence-electron chi connectivity index (χ3n) is 2.85. The standard InChI is InChI=1S/C14H23N/c1-4-5-11-15(3)12-13(2)14-9-7-6-8-10-14/h6-10,13H,4-5,11-12H2,1-3H3/t13-/m1/s1. The molecule has 0 radical (unpaired) electrons. The second-order valence-corrected chi connectivity index (χ2v) is 4.43. The summed E-state index contributed by atoms with van der Waals surface area (Å²) in [5, 5.41) is 0. The fraction of sp³-hybridized carbons (Fsp3) is 0.571. The maximum Gasteiger partial charge on any atom is 0.00446 e. The van der Waals surface area contributed by atoms with Crippen LogP contribution in [0.2, 0.25) is 0 Å². The third kappa shape index (κ3) is 4.48. The molecule has 1 aromatic rings. The first-order valence-corrected chi connectivity index (χ1v) is 5.97. The van der Waals surface area contributed by atoms with Gasteiger partial charge in [0.05, 0.1) is 0 Å². The van der Waals surface area contributed by atoms with Gasteiger partial charge in [-0.3, -0.25) is 0 Å². The van der Waals surface area contributed by atoms with Crippen LogP contribution in [0.4, 0.5) is 0 Å². The van der Waals surface area contributed by atoms with Crippen LogP contribution in [0.3, 0.4) is 0 Å². The molecule has 0 unspecified atom stereocenters. The van der Waals surface area contributed by atoms with E-state index in [4.69, 9.17) is 0 Å². The van der Waals surface area contributed by atoms with Crippen molar-refractivity contribution in [2.24, 2.45) is 0 Å². The second kappa shape index (κ2) is 6.62. The molecular weight excluding hydrogens is 182 g/mol. The van der Waals surface area contributed by atoms with Crippen LogP contribution in [0.5, 0.6) is 0 Å². The number of nitrogens with zero attached hydrogens (tertiary/aromatic N) is 1. The topological polar surface area (TPSA) is 3.24 Å². The van der Waals surface area contributed by atoms with Crippen LogP contribution in [-0.2, 0) is 0 Å². The van der Waals surface area contributed by atoms with Crippen molar-refractivity contribution >= 4 is 0 Å². The van der Waals surface area contributed by atoms with Gasteiger partial charge in [0, 0.05) is 6.54 Å². The van der Waals surface area contributed by atoms with Gasteiger partial charge in [0.1, 0.15) is 0 Å². The maximum absolute atomic E-state index is 2.43. The van der Waals surface area contributed by atoms with E-state index < -0.39 is 0 Å². The van der Waals surface area contributed by atoms with Crippen molar-refractivity contribution in [3.63, 3.8) is 0 Å². The van der Waals surface area contributed by atoms with Crippen molar-refractivity contribution in [1.29, 1.82) is 0 Å². The minimum Gasteiger partial charge on any atom is -0.306 e. The highest BCUT2D eigenvalue weighted by Crippen LogP contribution is 2.15.